The molecule has 0 atom stereocenters. The lowest BCUT2D eigenvalue weighted by atomic mass is 10.1. The molecule has 4 rings (SSSR count). The topological polar surface area (TPSA) is 121 Å². The number of benzene rings is 4. The third-order valence-electron chi connectivity index (χ3n) is 5.61. The summed E-state index contributed by atoms with van der Waals surface area (Å²) in [6.07, 6.45) is 0. The molecular weight excluding hydrogens is 510 g/mol. The molecule has 4 aromatic carbocycles. The predicted molar refractivity (Wildman–Crippen MR) is 145 cm³/mol. The van der Waals surface area contributed by atoms with Crippen LogP contribution >= 0.6 is 0 Å². The van der Waals surface area contributed by atoms with Crippen LogP contribution in [0.4, 0.5) is 17.1 Å². The first kappa shape index (κ1) is 25.9. The molecule has 0 fully saturated rings. The molecule has 8 nitrogen and oxygen atoms in total. The van der Waals surface area contributed by atoms with Crippen molar-refractivity contribution in [3.05, 3.63) is 114 Å². The Labute approximate surface area is 216 Å². The van der Waals surface area contributed by atoms with Gasteiger partial charge in [-0.15, -0.1) is 0 Å². The van der Waals surface area contributed by atoms with Crippen molar-refractivity contribution >= 4 is 43.0 Å². The van der Waals surface area contributed by atoms with Gasteiger partial charge in [0.1, 0.15) is 0 Å². The van der Waals surface area contributed by atoms with Gasteiger partial charge >= 0.3 is 0 Å². The van der Waals surface area contributed by atoms with E-state index in [0.717, 1.165) is 11.1 Å². The van der Waals surface area contributed by atoms with Crippen molar-refractivity contribution in [2.75, 3.05) is 14.8 Å². The van der Waals surface area contributed by atoms with E-state index in [1.807, 2.05) is 32.0 Å². The van der Waals surface area contributed by atoms with Crippen LogP contribution in [0.2, 0.25) is 0 Å². The summed E-state index contributed by atoms with van der Waals surface area (Å²) >= 11 is 0. The van der Waals surface area contributed by atoms with Crippen molar-refractivity contribution in [2.45, 2.75) is 23.6 Å². The highest BCUT2D eigenvalue weighted by atomic mass is 32.2. The van der Waals surface area contributed by atoms with Gasteiger partial charge in [-0.3, -0.25) is 14.2 Å². The van der Waals surface area contributed by atoms with Gasteiger partial charge in [0.05, 0.1) is 26.7 Å². The number of hydrogen-bond donors (Lipinski definition) is 3. The van der Waals surface area contributed by atoms with Gasteiger partial charge in [0.2, 0.25) is 0 Å². The largest absolute Gasteiger partial charge is 0.322 e. The Hall–Kier alpha value is -4.15. The van der Waals surface area contributed by atoms with Gasteiger partial charge in [-0.05, 0) is 73.5 Å². The van der Waals surface area contributed by atoms with Crippen molar-refractivity contribution in [1.29, 1.82) is 0 Å². The fraction of sp³-hybridized carbons (Fsp3) is 0.0741. The van der Waals surface area contributed by atoms with E-state index in [0.29, 0.717) is 11.4 Å². The standard InChI is InChI=1S/C27H25N3O5S2/c1-19-9-8-10-20(2)26(19)30-37(34,35)23-17-15-21(16-18-23)28-27(31)24-13-6-7-14-25(24)29-36(32,33)22-11-4-3-5-12-22/h3-18,29-30H,1-2H3,(H,28,31). The molecule has 0 aliphatic heterocycles. The molecule has 0 heterocycles. The summed E-state index contributed by atoms with van der Waals surface area (Å²) in [5.74, 6) is -0.560. The molecule has 0 spiro atoms. The zero-order valence-electron chi connectivity index (χ0n) is 20.1. The summed E-state index contributed by atoms with van der Waals surface area (Å²) in [5, 5.41) is 2.68. The smallest absolute Gasteiger partial charge is 0.261 e. The molecule has 1 amide bonds. The molecule has 10 heteroatoms. The van der Waals surface area contributed by atoms with Gasteiger partial charge in [0, 0.05) is 5.69 Å². The molecule has 190 valence electrons. The lowest BCUT2D eigenvalue weighted by Gasteiger charge is -2.14. The molecule has 0 saturated carbocycles. The minimum atomic E-state index is -3.90. The normalized spacial score (nSPS) is 11.5. The number of para-hydroxylation sites is 2. The maximum absolute atomic E-state index is 13.0. The monoisotopic (exact) mass is 535 g/mol. The lowest BCUT2D eigenvalue weighted by molar-refractivity contribution is 0.102. The van der Waals surface area contributed by atoms with Crippen LogP contribution in [0.3, 0.4) is 0 Å². The van der Waals surface area contributed by atoms with Gasteiger partial charge in [0.15, 0.2) is 0 Å². The first-order chi connectivity index (χ1) is 17.6. The highest BCUT2D eigenvalue weighted by molar-refractivity contribution is 7.93. The molecule has 4 aromatic rings. The van der Waals surface area contributed by atoms with Crippen LogP contribution in [0.5, 0.6) is 0 Å². The molecular formula is C27H25N3O5S2. The van der Waals surface area contributed by atoms with Crippen LogP contribution < -0.4 is 14.8 Å². The van der Waals surface area contributed by atoms with Crippen molar-refractivity contribution in [3.8, 4) is 0 Å². The SMILES string of the molecule is Cc1cccc(C)c1NS(=O)(=O)c1ccc(NC(=O)c2ccccc2NS(=O)(=O)c2ccccc2)cc1. The van der Waals surface area contributed by atoms with Crippen LogP contribution in [0.15, 0.2) is 107 Å². The highest BCUT2D eigenvalue weighted by Crippen LogP contribution is 2.25. The predicted octanol–water partition coefficient (Wildman–Crippen LogP) is 5.16. The third-order valence-corrected chi connectivity index (χ3v) is 8.36. The Kier molecular flexibility index (Phi) is 7.33. The average molecular weight is 536 g/mol. The van der Waals surface area contributed by atoms with E-state index in [-0.39, 0.29) is 21.0 Å². The number of hydrogen-bond acceptors (Lipinski definition) is 5. The van der Waals surface area contributed by atoms with Crippen LogP contribution in [0.25, 0.3) is 0 Å². The molecule has 0 bridgehead atoms. The molecule has 0 unspecified atom stereocenters. The fourth-order valence-electron chi connectivity index (χ4n) is 3.66. The van der Waals surface area contributed by atoms with E-state index >= 15 is 0 Å². The van der Waals surface area contributed by atoms with Crippen LogP contribution in [-0.2, 0) is 20.0 Å². The highest BCUT2D eigenvalue weighted by Gasteiger charge is 2.20. The maximum atomic E-state index is 13.0. The number of aryl methyl sites for hydroxylation is 2. The summed E-state index contributed by atoms with van der Waals surface area (Å²) in [6, 6.07) is 25.2. The summed E-state index contributed by atoms with van der Waals surface area (Å²) < 4.78 is 56.3. The molecule has 0 radical (unpaired) electrons. The van der Waals surface area contributed by atoms with Gasteiger partial charge in [-0.1, -0.05) is 48.5 Å². The minimum Gasteiger partial charge on any atom is -0.322 e. The number of nitrogens with one attached hydrogen (secondary N) is 3. The van der Waals surface area contributed by atoms with Crippen LogP contribution in [0.1, 0.15) is 21.5 Å². The van der Waals surface area contributed by atoms with Crippen molar-refractivity contribution < 1.29 is 21.6 Å². The number of rotatable bonds is 8. The van der Waals surface area contributed by atoms with E-state index in [2.05, 4.69) is 14.8 Å². The lowest BCUT2D eigenvalue weighted by Crippen LogP contribution is -2.18. The zero-order valence-corrected chi connectivity index (χ0v) is 21.7. The number of sulfonamides is 2. The number of amides is 1. The average Bonchev–Trinajstić information content (AvgIpc) is 2.87. The second kappa shape index (κ2) is 10.5. The van der Waals surface area contributed by atoms with Gasteiger partial charge in [-0.25, -0.2) is 16.8 Å². The Morgan fingerprint density at radius 1 is 0.595 bits per heavy atom. The molecule has 0 saturated heterocycles. The van der Waals surface area contributed by atoms with E-state index in [1.54, 1.807) is 30.3 Å². The van der Waals surface area contributed by atoms with Crippen molar-refractivity contribution in [1.82, 2.24) is 0 Å². The van der Waals surface area contributed by atoms with E-state index in [4.69, 9.17) is 0 Å². The summed E-state index contributed by atoms with van der Waals surface area (Å²) in [5.41, 5.74) is 2.69. The van der Waals surface area contributed by atoms with E-state index in [9.17, 15) is 21.6 Å². The third kappa shape index (κ3) is 5.99. The Bertz CT molecular complexity index is 1630. The molecule has 0 aliphatic carbocycles. The Morgan fingerprint density at radius 3 is 1.78 bits per heavy atom. The fourth-order valence-corrected chi connectivity index (χ4v) is 5.96. The van der Waals surface area contributed by atoms with Gasteiger partial charge in [-0.2, -0.15) is 0 Å². The molecule has 37 heavy (non-hydrogen) atoms. The van der Waals surface area contributed by atoms with Crippen molar-refractivity contribution in [3.63, 3.8) is 0 Å². The summed E-state index contributed by atoms with van der Waals surface area (Å²) in [6.45, 7) is 3.64. The minimum absolute atomic E-state index is 0.0316. The summed E-state index contributed by atoms with van der Waals surface area (Å²) in [7, 11) is -7.75. The Balaban J connectivity index is 1.51. The number of carbonyl (C=O) groups excluding carboxylic acids is 1. The number of anilines is 3. The first-order valence-electron chi connectivity index (χ1n) is 11.2. The van der Waals surface area contributed by atoms with E-state index < -0.39 is 26.0 Å². The quantitative estimate of drug-likeness (QED) is 0.288. The molecule has 0 aromatic heterocycles. The molecule has 3 N–H and O–H groups in total. The van der Waals surface area contributed by atoms with Crippen LogP contribution in [0, 0.1) is 13.8 Å². The summed E-state index contributed by atoms with van der Waals surface area (Å²) in [4.78, 5) is 13.1. The van der Waals surface area contributed by atoms with Crippen molar-refractivity contribution in [2.24, 2.45) is 0 Å². The molecule has 0 aliphatic rings. The van der Waals surface area contributed by atoms with Crippen LogP contribution in [-0.4, -0.2) is 22.7 Å². The second-order valence-corrected chi connectivity index (χ2v) is 11.7. The first-order valence-corrected chi connectivity index (χ1v) is 14.2. The number of carbonyl (C=O) groups is 1. The van der Waals surface area contributed by atoms with Gasteiger partial charge < -0.3 is 5.32 Å². The Morgan fingerprint density at radius 2 is 1.14 bits per heavy atom. The van der Waals surface area contributed by atoms with E-state index in [1.165, 1.54) is 48.5 Å². The zero-order chi connectivity index (χ0) is 26.6. The maximum Gasteiger partial charge on any atom is 0.261 e. The van der Waals surface area contributed by atoms with Gasteiger partial charge in [0.25, 0.3) is 26.0 Å². The second-order valence-electron chi connectivity index (χ2n) is 8.31.